The van der Waals surface area contributed by atoms with Gasteiger partial charge in [-0.25, -0.2) is 0 Å². The average molecular weight is 431 g/mol. The molecular formula is C19H27BrO2S2. The SMILES string of the molecule is CCCCCCC(CCC(=O)c1ccc(Br)cc1)SC(=S)OCC. The zero-order valence-corrected chi connectivity index (χ0v) is 17.8. The third kappa shape index (κ3) is 9.19. The summed E-state index contributed by atoms with van der Waals surface area (Å²) < 4.78 is 7.01. The third-order valence-corrected chi connectivity index (χ3v) is 5.81. The molecule has 0 aliphatic heterocycles. The van der Waals surface area contributed by atoms with Crippen LogP contribution in [0.3, 0.4) is 0 Å². The quantitative estimate of drug-likeness (QED) is 0.219. The van der Waals surface area contributed by atoms with Crippen molar-refractivity contribution in [3.63, 3.8) is 0 Å². The first-order valence-corrected chi connectivity index (χ1v) is 10.8. The van der Waals surface area contributed by atoms with Crippen molar-refractivity contribution in [3.8, 4) is 0 Å². The standard InChI is InChI=1S/C19H27BrO2S2/c1-3-5-6-7-8-17(24-19(23)22-4-2)13-14-18(21)15-9-11-16(20)12-10-15/h9-12,17H,3-8,13-14H2,1-2H3. The summed E-state index contributed by atoms with van der Waals surface area (Å²) in [5, 5.41) is 0.361. The number of Topliss-reactive ketones (excluding diaryl/α,β-unsaturated/α-hetero) is 1. The van der Waals surface area contributed by atoms with E-state index in [9.17, 15) is 4.79 Å². The second-order valence-corrected chi connectivity index (χ2v) is 8.56. The van der Waals surface area contributed by atoms with Crippen molar-refractivity contribution >= 4 is 50.1 Å². The molecule has 134 valence electrons. The molecule has 0 aliphatic rings. The van der Waals surface area contributed by atoms with Crippen LogP contribution in [0.2, 0.25) is 0 Å². The molecule has 0 saturated heterocycles. The number of unbranched alkanes of at least 4 members (excludes halogenated alkanes) is 3. The number of ketones is 1. The smallest absolute Gasteiger partial charge is 0.220 e. The van der Waals surface area contributed by atoms with E-state index in [-0.39, 0.29) is 5.78 Å². The van der Waals surface area contributed by atoms with Gasteiger partial charge in [0.1, 0.15) is 0 Å². The predicted octanol–water partition coefficient (Wildman–Crippen LogP) is 6.81. The Bertz CT molecular complexity index is 503. The van der Waals surface area contributed by atoms with Gasteiger partial charge in [0.2, 0.25) is 4.38 Å². The summed E-state index contributed by atoms with van der Waals surface area (Å²) >= 11 is 10.3. The van der Waals surface area contributed by atoms with Gasteiger partial charge in [0.25, 0.3) is 0 Å². The van der Waals surface area contributed by atoms with E-state index in [2.05, 4.69) is 22.9 Å². The fraction of sp³-hybridized carbons (Fsp3) is 0.579. The second-order valence-electron chi connectivity index (χ2n) is 5.74. The summed E-state index contributed by atoms with van der Waals surface area (Å²) in [7, 11) is 0. The van der Waals surface area contributed by atoms with E-state index in [4.69, 9.17) is 17.0 Å². The minimum Gasteiger partial charge on any atom is -0.479 e. The Balaban J connectivity index is 2.50. The maximum absolute atomic E-state index is 12.4. The number of thioether (sulfide) groups is 1. The van der Waals surface area contributed by atoms with Crippen LogP contribution in [0.1, 0.15) is 69.2 Å². The summed E-state index contributed by atoms with van der Waals surface area (Å²) in [5.74, 6) is 0.198. The molecule has 0 aromatic heterocycles. The van der Waals surface area contributed by atoms with E-state index in [0.717, 1.165) is 22.9 Å². The molecule has 0 spiro atoms. The molecule has 0 saturated carbocycles. The Morgan fingerprint density at radius 2 is 1.88 bits per heavy atom. The van der Waals surface area contributed by atoms with Gasteiger partial charge in [-0.2, -0.15) is 0 Å². The van der Waals surface area contributed by atoms with Gasteiger partial charge in [0, 0.05) is 21.7 Å². The molecule has 1 aromatic carbocycles. The molecule has 0 aliphatic carbocycles. The van der Waals surface area contributed by atoms with Gasteiger partial charge in [-0.15, -0.1) is 0 Å². The van der Waals surface area contributed by atoms with E-state index in [0.29, 0.717) is 22.7 Å². The highest BCUT2D eigenvalue weighted by Crippen LogP contribution is 2.26. The lowest BCUT2D eigenvalue weighted by Crippen LogP contribution is -2.11. The number of thiocarbonyl (C=S) groups is 1. The van der Waals surface area contributed by atoms with Crippen molar-refractivity contribution in [2.75, 3.05) is 6.61 Å². The number of benzene rings is 1. The van der Waals surface area contributed by atoms with E-state index in [1.165, 1.54) is 25.7 Å². The summed E-state index contributed by atoms with van der Waals surface area (Å²) in [6.45, 7) is 4.76. The van der Waals surface area contributed by atoms with Crippen molar-refractivity contribution in [1.82, 2.24) is 0 Å². The topological polar surface area (TPSA) is 26.3 Å². The predicted molar refractivity (Wildman–Crippen MR) is 112 cm³/mol. The lowest BCUT2D eigenvalue weighted by molar-refractivity contribution is 0.0979. The van der Waals surface area contributed by atoms with Gasteiger partial charge in [-0.3, -0.25) is 4.79 Å². The van der Waals surface area contributed by atoms with Crippen molar-refractivity contribution in [1.29, 1.82) is 0 Å². The van der Waals surface area contributed by atoms with Crippen LogP contribution in [-0.4, -0.2) is 22.0 Å². The zero-order chi connectivity index (χ0) is 17.8. The summed E-state index contributed by atoms with van der Waals surface area (Å²) in [5.41, 5.74) is 0.778. The fourth-order valence-electron chi connectivity index (χ4n) is 2.42. The molecule has 0 amide bonds. The molecule has 1 rings (SSSR count). The Morgan fingerprint density at radius 3 is 2.50 bits per heavy atom. The van der Waals surface area contributed by atoms with Crippen LogP contribution >= 0.6 is 39.9 Å². The van der Waals surface area contributed by atoms with Gasteiger partial charge < -0.3 is 4.74 Å². The third-order valence-electron chi connectivity index (χ3n) is 3.76. The first-order valence-electron chi connectivity index (χ1n) is 8.69. The Morgan fingerprint density at radius 1 is 1.17 bits per heavy atom. The van der Waals surface area contributed by atoms with Gasteiger partial charge in [-0.05, 0) is 44.1 Å². The lowest BCUT2D eigenvalue weighted by Gasteiger charge is -2.16. The Hall–Kier alpha value is -0.390. The first kappa shape index (κ1) is 21.7. The highest BCUT2D eigenvalue weighted by Gasteiger charge is 2.16. The van der Waals surface area contributed by atoms with Crippen molar-refractivity contribution < 1.29 is 9.53 Å². The van der Waals surface area contributed by atoms with Crippen LogP contribution in [-0.2, 0) is 4.74 Å². The van der Waals surface area contributed by atoms with E-state index in [1.54, 1.807) is 11.8 Å². The molecular weight excluding hydrogens is 404 g/mol. The number of carbonyl (C=O) groups is 1. The molecule has 24 heavy (non-hydrogen) atoms. The summed E-state index contributed by atoms with van der Waals surface area (Å²) in [6.07, 6.45) is 7.43. The normalized spacial score (nSPS) is 12.0. The van der Waals surface area contributed by atoms with Crippen LogP contribution in [0.5, 0.6) is 0 Å². The zero-order valence-electron chi connectivity index (χ0n) is 14.6. The minimum absolute atomic E-state index is 0.198. The van der Waals surface area contributed by atoms with E-state index < -0.39 is 0 Å². The first-order chi connectivity index (χ1) is 11.6. The van der Waals surface area contributed by atoms with Crippen LogP contribution in [0.15, 0.2) is 28.7 Å². The molecule has 0 bridgehead atoms. The largest absolute Gasteiger partial charge is 0.479 e. The summed E-state index contributed by atoms with van der Waals surface area (Å²) in [4.78, 5) is 12.4. The van der Waals surface area contributed by atoms with Gasteiger partial charge in [-0.1, -0.05) is 72.4 Å². The fourth-order valence-corrected chi connectivity index (χ4v) is 4.19. The van der Waals surface area contributed by atoms with Crippen molar-refractivity contribution in [3.05, 3.63) is 34.3 Å². The lowest BCUT2D eigenvalue weighted by atomic mass is 10.0. The number of hydrogen-bond acceptors (Lipinski definition) is 4. The number of carbonyl (C=O) groups excluding carboxylic acids is 1. The number of rotatable bonds is 11. The Labute approximate surface area is 164 Å². The maximum Gasteiger partial charge on any atom is 0.220 e. The summed E-state index contributed by atoms with van der Waals surface area (Å²) in [6, 6.07) is 7.57. The van der Waals surface area contributed by atoms with Gasteiger partial charge in [0.05, 0.1) is 6.61 Å². The molecule has 1 atom stereocenters. The second kappa shape index (κ2) is 12.9. The van der Waals surface area contributed by atoms with Crippen LogP contribution in [0.25, 0.3) is 0 Å². The molecule has 1 aromatic rings. The van der Waals surface area contributed by atoms with Crippen LogP contribution < -0.4 is 0 Å². The van der Waals surface area contributed by atoms with E-state index >= 15 is 0 Å². The van der Waals surface area contributed by atoms with Crippen molar-refractivity contribution in [2.45, 2.75) is 64.0 Å². The molecule has 0 radical (unpaired) electrons. The highest BCUT2D eigenvalue weighted by molar-refractivity contribution is 9.10. The molecule has 0 heterocycles. The maximum atomic E-state index is 12.4. The molecule has 5 heteroatoms. The van der Waals surface area contributed by atoms with E-state index in [1.807, 2.05) is 31.2 Å². The molecule has 0 fully saturated rings. The Kier molecular flexibility index (Phi) is 11.6. The van der Waals surface area contributed by atoms with Gasteiger partial charge in [0.15, 0.2) is 5.78 Å². The molecule has 1 unspecified atom stereocenters. The monoisotopic (exact) mass is 430 g/mol. The van der Waals surface area contributed by atoms with Crippen LogP contribution in [0, 0.1) is 0 Å². The number of hydrogen-bond donors (Lipinski definition) is 0. The molecule has 0 N–H and O–H groups in total. The molecule has 2 nitrogen and oxygen atoms in total. The minimum atomic E-state index is 0.198. The van der Waals surface area contributed by atoms with Gasteiger partial charge >= 0.3 is 0 Å². The highest BCUT2D eigenvalue weighted by atomic mass is 79.9. The van der Waals surface area contributed by atoms with Crippen molar-refractivity contribution in [2.24, 2.45) is 0 Å². The number of ether oxygens (including phenoxy) is 1. The van der Waals surface area contributed by atoms with Crippen LogP contribution in [0.4, 0.5) is 0 Å². The average Bonchev–Trinajstić information content (AvgIpc) is 2.57. The number of halogens is 1.